The summed E-state index contributed by atoms with van der Waals surface area (Å²) in [5, 5.41) is 4.88. The van der Waals surface area contributed by atoms with Crippen molar-refractivity contribution in [1.29, 1.82) is 0 Å². The van der Waals surface area contributed by atoms with Gasteiger partial charge in [0.05, 0.1) is 11.6 Å². The van der Waals surface area contributed by atoms with Crippen LogP contribution in [0.15, 0.2) is 53.5 Å². The molecule has 0 saturated carbocycles. The van der Waals surface area contributed by atoms with Gasteiger partial charge in [-0.2, -0.15) is 4.98 Å². The molecule has 232 valence electrons. The topological polar surface area (TPSA) is 69.5 Å². The average Bonchev–Trinajstić information content (AvgIpc) is 3.00. The van der Waals surface area contributed by atoms with Crippen molar-refractivity contribution < 1.29 is 0 Å². The lowest BCUT2D eigenvalue weighted by Gasteiger charge is -2.39. The van der Waals surface area contributed by atoms with E-state index < -0.39 is 0 Å². The lowest BCUT2D eigenvalue weighted by atomic mass is 9.98. The highest BCUT2D eigenvalue weighted by Gasteiger charge is 2.27. The molecule has 0 spiro atoms. The SMILES string of the molecule is CCCN1CCC[C@H](n2c(=O)c(-c3ccccc3Cl)c(C)c3cnc(Nc4ccc(N5CCN(C)[C@@H](C)C5)c(C)c4)nc32)C1. The largest absolute Gasteiger partial charge is 0.368 e. The molecule has 9 heteroatoms. The van der Waals surface area contributed by atoms with Gasteiger partial charge >= 0.3 is 0 Å². The molecule has 0 unspecified atom stereocenters. The number of pyridine rings is 1. The van der Waals surface area contributed by atoms with Crippen LogP contribution in [0.3, 0.4) is 0 Å². The molecule has 0 amide bonds. The van der Waals surface area contributed by atoms with Gasteiger partial charge in [0.15, 0.2) is 0 Å². The smallest absolute Gasteiger partial charge is 0.260 e. The fraction of sp³-hybridized carbons (Fsp3) is 0.457. The third kappa shape index (κ3) is 5.95. The number of likely N-dealkylation sites (tertiary alicyclic amines) is 1. The quantitative estimate of drug-likeness (QED) is 0.250. The van der Waals surface area contributed by atoms with Gasteiger partial charge in [-0.1, -0.05) is 36.7 Å². The Bertz CT molecular complexity index is 1720. The summed E-state index contributed by atoms with van der Waals surface area (Å²) >= 11 is 6.66. The predicted molar refractivity (Wildman–Crippen MR) is 183 cm³/mol. The minimum atomic E-state index is -0.0438. The third-order valence-corrected chi connectivity index (χ3v) is 9.82. The summed E-state index contributed by atoms with van der Waals surface area (Å²) in [5.41, 5.74) is 6.26. The number of hydrogen-bond acceptors (Lipinski definition) is 7. The average molecular weight is 614 g/mol. The molecule has 6 rings (SSSR count). The minimum Gasteiger partial charge on any atom is -0.368 e. The molecule has 2 aliphatic rings. The zero-order chi connectivity index (χ0) is 31.0. The molecule has 2 aromatic carbocycles. The molecule has 0 bridgehead atoms. The molecule has 8 nitrogen and oxygen atoms in total. The molecule has 1 N–H and O–H groups in total. The summed E-state index contributed by atoms with van der Waals surface area (Å²) in [6.07, 6.45) is 4.92. The first-order chi connectivity index (χ1) is 21.2. The van der Waals surface area contributed by atoms with Crippen LogP contribution in [0.2, 0.25) is 5.02 Å². The Morgan fingerprint density at radius 2 is 1.89 bits per heavy atom. The van der Waals surface area contributed by atoms with E-state index >= 15 is 0 Å². The van der Waals surface area contributed by atoms with E-state index in [1.807, 2.05) is 42.0 Å². The molecule has 2 atom stereocenters. The maximum absolute atomic E-state index is 14.5. The number of likely N-dealkylation sites (N-methyl/N-ethyl adjacent to an activating group) is 1. The molecular formula is C35H44ClN7O. The summed E-state index contributed by atoms with van der Waals surface area (Å²) in [6.45, 7) is 14.6. The molecule has 4 heterocycles. The number of benzene rings is 2. The van der Waals surface area contributed by atoms with E-state index in [0.717, 1.165) is 80.7 Å². The fourth-order valence-corrected chi connectivity index (χ4v) is 7.19. The number of piperidine rings is 1. The maximum Gasteiger partial charge on any atom is 0.260 e. The van der Waals surface area contributed by atoms with Crippen LogP contribution in [-0.2, 0) is 0 Å². The zero-order valence-electron chi connectivity index (χ0n) is 26.6. The minimum absolute atomic E-state index is 0.0161. The number of halogens is 1. The summed E-state index contributed by atoms with van der Waals surface area (Å²) in [4.78, 5) is 31.6. The highest BCUT2D eigenvalue weighted by molar-refractivity contribution is 6.33. The number of anilines is 3. The molecule has 0 radical (unpaired) electrons. The van der Waals surface area contributed by atoms with E-state index in [4.69, 9.17) is 21.6 Å². The number of aryl methyl sites for hydroxylation is 2. The molecule has 2 aliphatic heterocycles. The maximum atomic E-state index is 14.5. The van der Waals surface area contributed by atoms with E-state index in [1.165, 1.54) is 11.3 Å². The second kappa shape index (κ2) is 12.9. The Hall–Kier alpha value is -3.46. The number of rotatable bonds is 7. The first-order valence-electron chi connectivity index (χ1n) is 16.0. The molecular weight excluding hydrogens is 570 g/mol. The van der Waals surface area contributed by atoms with E-state index in [9.17, 15) is 4.79 Å². The number of hydrogen-bond donors (Lipinski definition) is 1. The standard InChI is InChI=1S/C35H44ClN7O/c1-6-15-41-16-9-10-27(22-41)43-33-29(25(4)32(34(43)44)28-11-7-8-12-30(28)36)20-37-35(39-33)38-26-13-14-31(23(2)19-26)42-18-17-40(5)24(3)21-42/h7-8,11-14,19-20,24,27H,6,9-10,15-18,21-22H2,1-5H3,(H,37,38,39)/t24-,27-/m0/s1. The van der Waals surface area contributed by atoms with Crippen molar-refractivity contribution in [3.8, 4) is 11.1 Å². The van der Waals surface area contributed by atoms with E-state index in [0.29, 0.717) is 28.2 Å². The van der Waals surface area contributed by atoms with Gasteiger partial charge in [-0.15, -0.1) is 0 Å². The monoisotopic (exact) mass is 613 g/mol. The highest BCUT2D eigenvalue weighted by atomic mass is 35.5. The van der Waals surface area contributed by atoms with Gasteiger partial charge in [0.1, 0.15) is 5.65 Å². The van der Waals surface area contributed by atoms with E-state index in [-0.39, 0.29) is 11.6 Å². The number of nitrogens with one attached hydrogen (secondary N) is 1. The van der Waals surface area contributed by atoms with E-state index in [1.54, 1.807) is 0 Å². The van der Waals surface area contributed by atoms with Crippen LogP contribution in [0.4, 0.5) is 17.3 Å². The van der Waals surface area contributed by atoms with Crippen LogP contribution in [0, 0.1) is 13.8 Å². The fourth-order valence-electron chi connectivity index (χ4n) is 6.96. The van der Waals surface area contributed by atoms with Crippen molar-refractivity contribution >= 4 is 40.0 Å². The lowest BCUT2D eigenvalue weighted by molar-refractivity contribution is 0.178. The summed E-state index contributed by atoms with van der Waals surface area (Å²) in [7, 11) is 2.19. The summed E-state index contributed by atoms with van der Waals surface area (Å²) in [6, 6.07) is 14.6. The van der Waals surface area contributed by atoms with Crippen LogP contribution in [-0.4, -0.2) is 76.7 Å². The van der Waals surface area contributed by atoms with Crippen molar-refractivity contribution in [3.63, 3.8) is 0 Å². The molecule has 0 aliphatic carbocycles. The first-order valence-corrected chi connectivity index (χ1v) is 16.3. The Morgan fingerprint density at radius 1 is 1.07 bits per heavy atom. The Morgan fingerprint density at radius 3 is 2.64 bits per heavy atom. The van der Waals surface area contributed by atoms with Gasteiger partial charge in [0.2, 0.25) is 5.95 Å². The van der Waals surface area contributed by atoms with Gasteiger partial charge in [0, 0.05) is 65.8 Å². The molecule has 2 saturated heterocycles. The second-order valence-electron chi connectivity index (χ2n) is 12.6. The molecule has 4 aromatic rings. The normalized spacial score (nSPS) is 19.9. The van der Waals surface area contributed by atoms with Crippen LogP contribution in [0.1, 0.15) is 50.3 Å². The van der Waals surface area contributed by atoms with Gasteiger partial charge in [-0.25, -0.2) is 4.98 Å². The van der Waals surface area contributed by atoms with Crippen LogP contribution >= 0.6 is 11.6 Å². The van der Waals surface area contributed by atoms with Crippen molar-refractivity contribution in [3.05, 3.63) is 75.2 Å². The number of fused-ring (bicyclic) bond motifs is 1. The van der Waals surface area contributed by atoms with Gasteiger partial charge < -0.3 is 20.0 Å². The second-order valence-corrected chi connectivity index (χ2v) is 13.0. The van der Waals surface area contributed by atoms with Crippen molar-refractivity contribution in [2.75, 3.05) is 56.5 Å². The molecule has 2 fully saturated rings. The van der Waals surface area contributed by atoms with Gasteiger partial charge in [0.25, 0.3) is 5.56 Å². The summed E-state index contributed by atoms with van der Waals surface area (Å²) in [5.74, 6) is 0.483. The lowest BCUT2D eigenvalue weighted by Crippen LogP contribution is -2.50. The molecule has 44 heavy (non-hydrogen) atoms. The van der Waals surface area contributed by atoms with Gasteiger partial charge in [-0.3, -0.25) is 9.36 Å². The Balaban J connectivity index is 1.40. The number of aromatic nitrogens is 3. The third-order valence-electron chi connectivity index (χ3n) is 9.49. The van der Waals surface area contributed by atoms with Crippen LogP contribution < -0.4 is 15.8 Å². The highest BCUT2D eigenvalue weighted by Crippen LogP contribution is 2.34. The Labute approximate surface area is 265 Å². The van der Waals surface area contributed by atoms with Gasteiger partial charge in [-0.05, 0) is 95.6 Å². The predicted octanol–water partition coefficient (Wildman–Crippen LogP) is 6.66. The Kier molecular flexibility index (Phi) is 8.94. The number of nitrogens with zero attached hydrogens (tertiary/aromatic N) is 6. The van der Waals surface area contributed by atoms with Crippen molar-refractivity contribution in [1.82, 2.24) is 24.3 Å². The molecule has 2 aromatic heterocycles. The van der Waals surface area contributed by atoms with Crippen LogP contribution in [0.25, 0.3) is 22.2 Å². The first kappa shape index (κ1) is 30.6. The van der Waals surface area contributed by atoms with Crippen molar-refractivity contribution in [2.24, 2.45) is 0 Å². The summed E-state index contributed by atoms with van der Waals surface area (Å²) < 4.78 is 1.93. The van der Waals surface area contributed by atoms with Crippen LogP contribution in [0.5, 0.6) is 0 Å². The van der Waals surface area contributed by atoms with E-state index in [2.05, 4.69) is 66.0 Å². The zero-order valence-corrected chi connectivity index (χ0v) is 27.4. The number of piperazine rings is 1. The van der Waals surface area contributed by atoms with Crippen molar-refractivity contribution in [2.45, 2.75) is 59.0 Å².